The van der Waals surface area contributed by atoms with E-state index in [2.05, 4.69) is 5.32 Å². The van der Waals surface area contributed by atoms with Crippen molar-refractivity contribution in [2.75, 3.05) is 12.3 Å². The number of carbonyl (C=O) groups is 1. The van der Waals surface area contributed by atoms with Gasteiger partial charge in [0.05, 0.1) is 16.3 Å². The SMILES string of the molecule is NCC1(NC(=O)CSc2cc(Cl)ccc2Cl)CCCC1. The van der Waals surface area contributed by atoms with Crippen molar-refractivity contribution in [3.63, 3.8) is 0 Å². The molecule has 1 aromatic rings. The van der Waals surface area contributed by atoms with Crippen LogP contribution in [-0.4, -0.2) is 23.7 Å². The Balaban J connectivity index is 1.90. The van der Waals surface area contributed by atoms with Crippen LogP contribution in [-0.2, 0) is 4.79 Å². The Labute approximate surface area is 133 Å². The van der Waals surface area contributed by atoms with E-state index < -0.39 is 0 Å². The molecule has 0 aromatic heterocycles. The van der Waals surface area contributed by atoms with Crippen molar-refractivity contribution in [3.8, 4) is 0 Å². The number of rotatable bonds is 5. The number of thioether (sulfide) groups is 1. The summed E-state index contributed by atoms with van der Waals surface area (Å²) in [5.41, 5.74) is 5.61. The third-order valence-corrected chi connectivity index (χ3v) is 5.34. The number of amides is 1. The molecule has 20 heavy (non-hydrogen) atoms. The zero-order valence-corrected chi connectivity index (χ0v) is 13.5. The van der Waals surface area contributed by atoms with Gasteiger partial charge in [-0.1, -0.05) is 36.0 Å². The van der Waals surface area contributed by atoms with Crippen LogP contribution in [0.2, 0.25) is 10.0 Å². The summed E-state index contributed by atoms with van der Waals surface area (Å²) in [6, 6.07) is 5.24. The number of nitrogens with one attached hydrogen (secondary N) is 1. The number of carbonyl (C=O) groups excluding carboxylic acids is 1. The van der Waals surface area contributed by atoms with Gasteiger partial charge in [-0.15, -0.1) is 11.8 Å². The Bertz CT molecular complexity index is 490. The third kappa shape index (κ3) is 4.04. The zero-order valence-electron chi connectivity index (χ0n) is 11.1. The first-order valence-electron chi connectivity index (χ1n) is 6.64. The van der Waals surface area contributed by atoms with E-state index in [9.17, 15) is 4.79 Å². The van der Waals surface area contributed by atoms with Crippen LogP contribution < -0.4 is 11.1 Å². The molecule has 0 atom stereocenters. The van der Waals surface area contributed by atoms with Gasteiger partial charge in [-0.05, 0) is 31.0 Å². The Kier molecular flexibility index (Phi) is 5.61. The van der Waals surface area contributed by atoms with E-state index >= 15 is 0 Å². The topological polar surface area (TPSA) is 55.1 Å². The highest BCUT2D eigenvalue weighted by atomic mass is 35.5. The lowest BCUT2D eigenvalue weighted by molar-refractivity contribution is -0.120. The summed E-state index contributed by atoms with van der Waals surface area (Å²) in [4.78, 5) is 12.9. The molecule has 3 N–H and O–H groups in total. The molecule has 0 spiro atoms. The summed E-state index contributed by atoms with van der Waals surface area (Å²) in [6.45, 7) is 0.501. The lowest BCUT2D eigenvalue weighted by Crippen LogP contribution is -2.52. The molecule has 110 valence electrons. The molecule has 0 saturated heterocycles. The van der Waals surface area contributed by atoms with Gasteiger partial charge < -0.3 is 11.1 Å². The number of nitrogens with two attached hydrogens (primary N) is 1. The van der Waals surface area contributed by atoms with Gasteiger partial charge in [-0.3, -0.25) is 4.79 Å². The zero-order chi connectivity index (χ0) is 14.6. The fourth-order valence-corrected chi connectivity index (χ4v) is 3.79. The van der Waals surface area contributed by atoms with Crippen molar-refractivity contribution in [1.82, 2.24) is 5.32 Å². The van der Waals surface area contributed by atoms with E-state index in [4.69, 9.17) is 28.9 Å². The minimum Gasteiger partial charge on any atom is -0.349 e. The van der Waals surface area contributed by atoms with Gasteiger partial charge in [-0.25, -0.2) is 0 Å². The molecule has 0 radical (unpaired) electrons. The second-order valence-electron chi connectivity index (χ2n) is 5.10. The molecule has 3 nitrogen and oxygen atoms in total. The molecule has 0 bridgehead atoms. The van der Waals surface area contributed by atoms with Crippen LogP contribution in [0.4, 0.5) is 0 Å². The molecule has 1 fully saturated rings. The smallest absolute Gasteiger partial charge is 0.230 e. The molecule has 6 heteroatoms. The quantitative estimate of drug-likeness (QED) is 0.811. The second kappa shape index (κ2) is 7.03. The third-order valence-electron chi connectivity index (χ3n) is 3.61. The number of halogens is 2. The minimum absolute atomic E-state index is 0.00149. The molecular formula is C14H18Cl2N2OS. The van der Waals surface area contributed by atoms with Gasteiger partial charge >= 0.3 is 0 Å². The average Bonchev–Trinajstić information content (AvgIpc) is 2.89. The highest BCUT2D eigenvalue weighted by Crippen LogP contribution is 2.31. The first kappa shape index (κ1) is 16.0. The van der Waals surface area contributed by atoms with Crippen molar-refractivity contribution >= 4 is 40.9 Å². The van der Waals surface area contributed by atoms with Crippen LogP contribution in [0.15, 0.2) is 23.1 Å². The standard InChI is InChI=1S/C14H18Cl2N2OS/c15-10-3-4-11(16)12(7-10)20-8-13(19)18-14(9-17)5-1-2-6-14/h3-4,7H,1-2,5-6,8-9,17H2,(H,18,19). The lowest BCUT2D eigenvalue weighted by Gasteiger charge is -2.28. The Morgan fingerprint density at radius 2 is 2.05 bits per heavy atom. The van der Waals surface area contributed by atoms with Crippen molar-refractivity contribution in [3.05, 3.63) is 28.2 Å². The number of hydrogen-bond donors (Lipinski definition) is 2. The molecule has 1 aliphatic rings. The normalized spacial score (nSPS) is 17.1. The van der Waals surface area contributed by atoms with Gasteiger partial charge in [0.1, 0.15) is 0 Å². The van der Waals surface area contributed by atoms with E-state index in [1.54, 1.807) is 18.2 Å². The van der Waals surface area contributed by atoms with Gasteiger partial charge in [0.15, 0.2) is 0 Å². The van der Waals surface area contributed by atoms with Crippen LogP contribution in [0.25, 0.3) is 0 Å². The van der Waals surface area contributed by atoms with Crippen LogP contribution in [0.5, 0.6) is 0 Å². The van der Waals surface area contributed by atoms with Gasteiger partial charge in [0, 0.05) is 16.5 Å². The lowest BCUT2D eigenvalue weighted by atomic mass is 9.98. The largest absolute Gasteiger partial charge is 0.349 e. The average molecular weight is 333 g/mol. The maximum atomic E-state index is 12.1. The molecular weight excluding hydrogens is 315 g/mol. The fraction of sp³-hybridized carbons (Fsp3) is 0.500. The first-order chi connectivity index (χ1) is 9.54. The van der Waals surface area contributed by atoms with Gasteiger partial charge in [0.25, 0.3) is 0 Å². The summed E-state index contributed by atoms with van der Waals surface area (Å²) < 4.78 is 0. The minimum atomic E-state index is -0.199. The predicted octanol–water partition coefficient (Wildman–Crippen LogP) is 3.47. The van der Waals surface area contributed by atoms with Gasteiger partial charge in [0.2, 0.25) is 5.91 Å². The molecule has 0 heterocycles. The van der Waals surface area contributed by atoms with Gasteiger partial charge in [-0.2, -0.15) is 0 Å². The number of hydrogen-bond acceptors (Lipinski definition) is 3. The monoisotopic (exact) mass is 332 g/mol. The van der Waals surface area contributed by atoms with E-state index in [1.165, 1.54) is 11.8 Å². The summed E-state index contributed by atoms with van der Waals surface area (Å²) in [5, 5.41) is 4.32. The summed E-state index contributed by atoms with van der Waals surface area (Å²) in [5.74, 6) is 0.320. The molecule has 1 aromatic carbocycles. The maximum absolute atomic E-state index is 12.1. The van der Waals surface area contributed by atoms with E-state index in [0.29, 0.717) is 22.3 Å². The Morgan fingerprint density at radius 1 is 1.35 bits per heavy atom. The van der Waals surface area contributed by atoms with Crippen LogP contribution in [0.3, 0.4) is 0 Å². The van der Waals surface area contributed by atoms with Crippen LogP contribution in [0, 0.1) is 0 Å². The molecule has 0 aliphatic heterocycles. The van der Waals surface area contributed by atoms with Crippen molar-refractivity contribution in [1.29, 1.82) is 0 Å². The maximum Gasteiger partial charge on any atom is 0.230 e. The first-order valence-corrected chi connectivity index (χ1v) is 8.38. The van der Waals surface area contributed by atoms with E-state index in [-0.39, 0.29) is 11.4 Å². The molecule has 2 rings (SSSR count). The number of benzene rings is 1. The fourth-order valence-electron chi connectivity index (χ4n) is 2.49. The van der Waals surface area contributed by atoms with Crippen molar-refractivity contribution in [2.45, 2.75) is 36.1 Å². The van der Waals surface area contributed by atoms with Crippen LogP contribution >= 0.6 is 35.0 Å². The predicted molar refractivity (Wildman–Crippen MR) is 85.6 cm³/mol. The molecule has 1 amide bonds. The molecule has 1 saturated carbocycles. The summed E-state index contributed by atoms with van der Waals surface area (Å²) in [7, 11) is 0. The van der Waals surface area contributed by atoms with E-state index in [0.717, 1.165) is 30.6 Å². The highest BCUT2D eigenvalue weighted by molar-refractivity contribution is 8.00. The molecule has 0 unspecified atom stereocenters. The van der Waals surface area contributed by atoms with Crippen molar-refractivity contribution < 1.29 is 4.79 Å². The highest BCUT2D eigenvalue weighted by Gasteiger charge is 2.33. The summed E-state index contributed by atoms with van der Waals surface area (Å²) in [6.07, 6.45) is 4.20. The second-order valence-corrected chi connectivity index (χ2v) is 6.96. The van der Waals surface area contributed by atoms with Crippen molar-refractivity contribution in [2.24, 2.45) is 5.73 Å². The Hall–Kier alpha value is -0.420. The Morgan fingerprint density at radius 3 is 2.70 bits per heavy atom. The summed E-state index contributed by atoms with van der Waals surface area (Å²) >= 11 is 13.4. The molecule has 1 aliphatic carbocycles. The van der Waals surface area contributed by atoms with E-state index in [1.807, 2.05) is 0 Å². The van der Waals surface area contributed by atoms with Crippen LogP contribution in [0.1, 0.15) is 25.7 Å².